The van der Waals surface area contributed by atoms with E-state index in [1.165, 1.54) is 0 Å². The zero-order chi connectivity index (χ0) is 17.1. The minimum absolute atomic E-state index is 0. The van der Waals surface area contributed by atoms with E-state index in [2.05, 4.69) is 55.1 Å². The van der Waals surface area contributed by atoms with E-state index >= 15 is 0 Å². The van der Waals surface area contributed by atoms with Crippen LogP contribution in [-0.2, 0) is 6.42 Å². The lowest BCUT2D eigenvalue weighted by Gasteiger charge is -2.30. The molecular formula is C18H35IN4O. The van der Waals surface area contributed by atoms with Crippen molar-refractivity contribution in [1.29, 1.82) is 0 Å². The highest BCUT2D eigenvalue weighted by molar-refractivity contribution is 14.0. The second-order valence-corrected chi connectivity index (χ2v) is 6.30. The van der Waals surface area contributed by atoms with Crippen LogP contribution in [0.4, 0.5) is 0 Å². The lowest BCUT2D eigenvalue weighted by atomic mass is 10.2. The van der Waals surface area contributed by atoms with Gasteiger partial charge in [0.15, 0.2) is 5.96 Å². The van der Waals surface area contributed by atoms with Crippen LogP contribution in [0.3, 0.4) is 0 Å². The molecule has 0 atom stereocenters. The van der Waals surface area contributed by atoms with Gasteiger partial charge in [-0.15, -0.1) is 24.0 Å². The number of hydrogen-bond acceptors (Lipinski definition) is 3. The Balaban J connectivity index is 0.00000529. The molecule has 6 heteroatoms. The molecule has 1 aromatic heterocycles. The summed E-state index contributed by atoms with van der Waals surface area (Å²) in [5.74, 6) is 1.89. The van der Waals surface area contributed by atoms with Gasteiger partial charge in [0.05, 0.1) is 6.26 Å². The monoisotopic (exact) mass is 450 g/mol. The summed E-state index contributed by atoms with van der Waals surface area (Å²) in [5.41, 5.74) is 0. The number of nitrogens with one attached hydrogen (secondary N) is 2. The second kappa shape index (κ2) is 13.5. The minimum Gasteiger partial charge on any atom is -0.469 e. The highest BCUT2D eigenvalue weighted by Gasteiger charge is 2.12. The van der Waals surface area contributed by atoms with Gasteiger partial charge in [0, 0.05) is 44.7 Å². The van der Waals surface area contributed by atoms with Crippen molar-refractivity contribution in [3.63, 3.8) is 0 Å². The molecule has 140 valence electrons. The predicted molar refractivity (Wildman–Crippen MR) is 113 cm³/mol. The first-order valence-electron chi connectivity index (χ1n) is 8.84. The maximum absolute atomic E-state index is 5.34. The van der Waals surface area contributed by atoms with Gasteiger partial charge in [-0.25, -0.2) is 0 Å². The molecule has 0 radical (unpaired) electrons. The molecule has 0 fully saturated rings. The third-order valence-electron chi connectivity index (χ3n) is 3.76. The Morgan fingerprint density at radius 3 is 2.46 bits per heavy atom. The first-order chi connectivity index (χ1) is 11.0. The normalized spacial score (nSPS) is 11.9. The van der Waals surface area contributed by atoms with Gasteiger partial charge in [-0.1, -0.05) is 0 Å². The van der Waals surface area contributed by atoms with E-state index in [0.717, 1.165) is 50.7 Å². The summed E-state index contributed by atoms with van der Waals surface area (Å²) >= 11 is 0. The summed E-state index contributed by atoms with van der Waals surface area (Å²) in [7, 11) is 0. The number of halogens is 1. The lowest BCUT2D eigenvalue weighted by molar-refractivity contribution is 0.174. The molecule has 24 heavy (non-hydrogen) atoms. The van der Waals surface area contributed by atoms with E-state index in [1.807, 2.05) is 12.1 Å². The van der Waals surface area contributed by atoms with Crippen LogP contribution in [0.15, 0.2) is 27.8 Å². The summed E-state index contributed by atoms with van der Waals surface area (Å²) in [4.78, 5) is 7.17. The molecular weight excluding hydrogens is 415 g/mol. The van der Waals surface area contributed by atoms with Crippen LogP contribution in [0.25, 0.3) is 0 Å². The quantitative estimate of drug-likeness (QED) is 0.248. The van der Waals surface area contributed by atoms with Gasteiger partial charge in [-0.3, -0.25) is 9.89 Å². The van der Waals surface area contributed by atoms with Crippen molar-refractivity contribution in [2.75, 3.05) is 26.2 Å². The summed E-state index contributed by atoms with van der Waals surface area (Å²) in [6.45, 7) is 14.7. The Bertz CT molecular complexity index is 424. The summed E-state index contributed by atoms with van der Waals surface area (Å²) in [6.07, 6.45) is 3.65. The minimum atomic E-state index is 0. The Hall–Kier alpha value is -0.760. The Morgan fingerprint density at radius 2 is 1.92 bits per heavy atom. The zero-order valence-corrected chi connectivity index (χ0v) is 18.2. The molecule has 0 bridgehead atoms. The molecule has 0 aliphatic rings. The third-order valence-corrected chi connectivity index (χ3v) is 3.76. The van der Waals surface area contributed by atoms with Crippen molar-refractivity contribution >= 4 is 29.9 Å². The average Bonchev–Trinajstić information content (AvgIpc) is 2.99. The lowest BCUT2D eigenvalue weighted by Crippen LogP contribution is -2.39. The maximum atomic E-state index is 5.34. The zero-order valence-electron chi connectivity index (χ0n) is 15.8. The molecule has 1 rings (SSSR count). The fraction of sp³-hybridized carbons (Fsp3) is 0.722. The van der Waals surface area contributed by atoms with E-state index in [9.17, 15) is 0 Å². The van der Waals surface area contributed by atoms with Crippen LogP contribution < -0.4 is 10.6 Å². The van der Waals surface area contributed by atoms with Crippen LogP contribution in [0.2, 0.25) is 0 Å². The number of nitrogens with zero attached hydrogens (tertiary/aromatic N) is 2. The van der Waals surface area contributed by atoms with Gasteiger partial charge in [0.1, 0.15) is 5.76 Å². The third kappa shape index (κ3) is 9.52. The second-order valence-electron chi connectivity index (χ2n) is 6.30. The van der Waals surface area contributed by atoms with Gasteiger partial charge in [0.25, 0.3) is 0 Å². The van der Waals surface area contributed by atoms with Crippen molar-refractivity contribution < 1.29 is 4.42 Å². The topological polar surface area (TPSA) is 52.8 Å². The van der Waals surface area contributed by atoms with E-state index in [0.29, 0.717) is 12.1 Å². The van der Waals surface area contributed by atoms with Crippen molar-refractivity contribution in [1.82, 2.24) is 15.5 Å². The number of aliphatic imine (C=N–C) groups is 1. The fourth-order valence-corrected chi connectivity index (χ4v) is 2.66. The summed E-state index contributed by atoms with van der Waals surface area (Å²) in [5, 5.41) is 6.65. The molecule has 1 aromatic rings. The van der Waals surface area contributed by atoms with Crippen LogP contribution in [0.5, 0.6) is 0 Å². The Labute approximate surface area is 164 Å². The first kappa shape index (κ1) is 23.2. The number of hydrogen-bond donors (Lipinski definition) is 2. The SMILES string of the molecule is CCNC(=NCCCN(C(C)C)C(C)C)NCCc1ccco1.I. The van der Waals surface area contributed by atoms with Gasteiger partial charge in [0.2, 0.25) is 0 Å². The van der Waals surface area contributed by atoms with Gasteiger partial charge in [-0.05, 0) is 53.2 Å². The molecule has 5 nitrogen and oxygen atoms in total. The maximum Gasteiger partial charge on any atom is 0.191 e. The van der Waals surface area contributed by atoms with Crippen molar-refractivity contribution in [3.05, 3.63) is 24.2 Å². The number of guanidine groups is 1. The summed E-state index contributed by atoms with van der Waals surface area (Å²) in [6, 6.07) is 5.08. The van der Waals surface area contributed by atoms with Crippen LogP contribution in [0.1, 0.15) is 46.8 Å². The van der Waals surface area contributed by atoms with Gasteiger partial charge in [-0.2, -0.15) is 0 Å². The van der Waals surface area contributed by atoms with Crippen LogP contribution in [0, 0.1) is 0 Å². The standard InChI is InChI=1S/C18H34N4O.HI/c1-6-19-18(21-12-10-17-9-7-14-23-17)20-11-8-13-22(15(2)3)16(4)5;/h7,9,14-16H,6,8,10-13H2,1-5H3,(H2,19,20,21);1H. The van der Waals surface area contributed by atoms with E-state index < -0.39 is 0 Å². The Kier molecular flexibility index (Phi) is 13.1. The van der Waals surface area contributed by atoms with E-state index in [4.69, 9.17) is 4.42 Å². The highest BCUT2D eigenvalue weighted by atomic mass is 127. The molecule has 0 aromatic carbocycles. The molecule has 0 aliphatic heterocycles. The molecule has 2 N–H and O–H groups in total. The van der Waals surface area contributed by atoms with Gasteiger partial charge < -0.3 is 15.1 Å². The first-order valence-corrected chi connectivity index (χ1v) is 8.84. The smallest absolute Gasteiger partial charge is 0.191 e. The molecule has 0 aliphatic carbocycles. The van der Waals surface area contributed by atoms with Crippen LogP contribution >= 0.6 is 24.0 Å². The van der Waals surface area contributed by atoms with Crippen molar-refractivity contribution in [2.24, 2.45) is 4.99 Å². The Morgan fingerprint density at radius 1 is 1.21 bits per heavy atom. The highest BCUT2D eigenvalue weighted by Crippen LogP contribution is 2.05. The summed E-state index contributed by atoms with van der Waals surface area (Å²) < 4.78 is 5.34. The number of rotatable bonds is 10. The fourth-order valence-electron chi connectivity index (χ4n) is 2.66. The molecule has 0 spiro atoms. The largest absolute Gasteiger partial charge is 0.469 e. The molecule has 1 heterocycles. The van der Waals surface area contributed by atoms with Crippen molar-refractivity contribution in [2.45, 2.75) is 59.5 Å². The predicted octanol–water partition coefficient (Wildman–Crippen LogP) is 3.50. The number of furan rings is 1. The van der Waals surface area contributed by atoms with Crippen LogP contribution in [-0.4, -0.2) is 49.1 Å². The van der Waals surface area contributed by atoms with Crippen molar-refractivity contribution in [3.8, 4) is 0 Å². The van der Waals surface area contributed by atoms with Gasteiger partial charge >= 0.3 is 0 Å². The van der Waals surface area contributed by atoms with E-state index in [1.54, 1.807) is 6.26 Å². The average molecular weight is 450 g/mol. The molecule has 0 unspecified atom stereocenters. The molecule has 0 saturated heterocycles. The molecule has 0 saturated carbocycles. The van der Waals surface area contributed by atoms with E-state index in [-0.39, 0.29) is 24.0 Å². The molecule has 0 amide bonds.